The van der Waals surface area contributed by atoms with Gasteiger partial charge in [0.25, 0.3) is 5.91 Å². The lowest BCUT2D eigenvalue weighted by atomic mass is 10.2. The summed E-state index contributed by atoms with van der Waals surface area (Å²) >= 11 is 3.26. The molecule has 0 aliphatic rings. The Bertz CT molecular complexity index is 825. The lowest BCUT2D eigenvalue weighted by molar-refractivity contribution is 0.0772. The third kappa shape index (κ3) is 4.80. The highest BCUT2D eigenvalue weighted by Crippen LogP contribution is 2.21. The fourth-order valence-electron chi connectivity index (χ4n) is 1.97. The molecule has 0 aliphatic carbocycles. The molecule has 0 heterocycles. The Morgan fingerprint density at radius 2 is 1.88 bits per heavy atom. The van der Waals surface area contributed by atoms with Crippen molar-refractivity contribution in [3.05, 3.63) is 58.6 Å². The predicted molar refractivity (Wildman–Crippen MR) is 94.4 cm³/mol. The Kier molecular flexibility index (Phi) is 5.98. The van der Waals surface area contributed by atoms with Crippen molar-refractivity contribution in [3.63, 3.8) is 0 Å². The third-order valence-corrected chi connectivity index (χ3v) is 4.88. The number of para-hydroxylation sites is 1. The Morgan fingerprint density at radius 1 is 1.21 bits per heavy atom. The van der Waals surface area contributed by atoms with Gasteiger partial charge in [0.1, 0.15) is 12.4 Å². The first kappa shape index (κ1) is 18.4. The van der Waals surface area contributed by atoms with E-state index in [0.717, 1.165) is 5.75 Å². The number of amides is 1. The van der Waals surface area contributed by atoms with Gasteiger partial charge in [-0.2, -0.15) is 0 Å². The molecule has 0 unspecified atom stereocenters. The van der Waals surface area contributed by atoms with Crippen molar-refractivity contribution in [2.45, 2.75) is 4.90 Å². The lowest BCUT2D eigenvalue weighted by Gasteiger charge is -2.18. The molecule has 8 heteroatoms. The number of rotatable bonds is 6. The highest BCUT2D eigenvalue weighted by atomic mass is 79.9. The number of carbonyl (C=O) groups is 1. The molecular weight excluding hydrogens is 396 g/mol. The number of hydrogen-bond acceptors (Lipinski definition) is 4. The van der Waals surface area contributed by atoms with Gasteiger partial charge in [-0.1, -0.05) is 18.2 Å². The molecule has 0 radical (unpaired) electrons. The summed E-state index contributed by atoms with van der Waals surface area (Å²) in [5.41, 5.74) is 0.226. The van der Waals surface area contributed by atoms with E-state index in [9.17, 15) is 13.2 Å². The fourth-order valence-corrected chi connectivity index (χ4v) is 2.93. The minimum atomic E-state index is -3.87. The zero-order valence-corrected chi connectivity index (χ0v) is 15.4. The summed E-state index contributed by atoms with van der Waals surface area (Å²) in [7, 11) is -2.25. The third-order valence-electron chi connectivity index (χ3n) is 3.28. The molecule has 0 bridgehead atoms. The maximum absolute atomic E-state index is 12.5. The molecule has 0 atom stereocenters. The van der Waals surface area contributed by atoms with Gasteiger partial charge in [0.15, 0.2) is 0 Å². The van der Waals surface area contributed by atoms with E-state index in [-0.39, 0.29) is 16.4 Å². The molecule has 2 rings (SSSR count). The average Bonchev–Trinajstić information content (AvgIpc) is 2.54. The van der Waals surface area contributed by atoms with Gasteiger partial charge in [-0.05, 0) is 46.3 Å². The van der Waals surface area contributed by atoms with Crippen LogP contribution in [0.2, 0.25) is 0 Å². The molecule has 2 aromatic carbocycles. The van der Waals surface area contributed by atoms with Gasteiger partial charge < -0.3 is 9.64 Å². The number of hydrogen-bond donors (Lipinski definition) is 1. The first-order chi connectivity index (χ1) is 11.3. The van der Waals surface area contributed by atoms with Gasteiger partial charge in [0.2, 0.25) is 10.0 Å². The molecule has 2 aromatic rings. The molecule has 0 fully saturated rings. The summed E-state index contributed by atoms with van der Waals surface area (Å²) in [4.78, 5) is 13.8. The normalized spacial score (nSPS) is 11.1. The number of likely N-dealkylation sites (N-methyl/N-ethyl adjacent to an activating group) is 1. The highest BCUT2D eigenvalue weighted by Gasteiger charge is 2.18. The summed E-state index contributed by atoms with van der Waals surface area (Å²) < 4.78 is 28.9. The Balaban J connectivity index is 2.05. The molecule has 0 aromatic heterocycles. The second kappa shape index (κ2) is 7.78. The molecule has 0 spiro atoms. The quantitative estimate of drug-likeness (QED) is 0.787. The number of primary sulfonamides is 1. The molecule has 2 N–H and O–H groups in total. The van der Waals surface area contributed by atoms with Crippen LogP contribution in [0.25, 0.3) is 0 Å². The van der Waals surface area contributed by atoms with Crippen LogP contribution >= 0.6 is 15.9 Å². The molecular formula is C16H17BrN2O4S. The second-order valence-electron chi connectivity index (χ2n) is 5.07. The van der Waals surface area contributed by atoms with E-state index in [1.54, 1.807) is 7.05 Å². The van der Waals surface area contributed by atoms with Gasteiger partial charge in [0, 0.05) is 11.5 Å². The van der Waals surface area contributed by atoms with Crippen LogP contribution in [-0.2, 0) is 10.0 Å². The summed E-state index contributed by atoms with van der Waals surface area (Å²) in [5.74, 6) is 0.389. The number of nitrogens with zero attached hydrogens (tertiary/aromatic N) is 1. The maximum atomic E-state index is 12.5. The lowest BCUT2D eigenvalue weighted by Crippen LogP contribution is -2.31. The van der Waals surface area contributed by atoms with Crippen LogP contribution in [0.5, 0.6) is 5.75 Å². The minimum absolute atomic E-state index is 0.108. The van der Waals surface area contributed by atoms with Crippen LogP contribution in [0.3, 0.4) is 0 Å². The topological polar surface area (TPSA) is 89.7 Å². The van der Waals surface area contributed by atoms with Crippen LogP contribution in [0.15, 0.2) is 57.9 Å². The first-order valence-corrected chi connectivity index (χ1v) is 9.38. The first-order valence-electron chi connectivity index (χ1n) is 7.04. The van der Waals surface area contributed by atoms with Crippen LogP contribution in [0.4, 0.5) is 0 Å². The Labute approximate surface area is 149 Å². The molecule has 6 nitrogen and oxygen atoms in total. The van der Waals surface area contributed by atoms with Crippen LogP contribution in [0.1, 0.15) is 10.4 Å². The SMILES string of the molecule is CN(CCOc1ccccc1)C(=O)c1cc(S(N)(=O)=O)ccc1Br. The van der Waals surface area contributed by atoms with E-state index in [1.807, 2.05) is 30.3 Å². The van der Waals surface area contributed by atoms with E-state index < -0.39 is 10.0 Å². The predicted octanol–water partition coefficient (Wildman–Crippen LogP) is 2.25. The molecule has 128 valence electrons. The summed E-state index contributed by atoms with van der Waals surface area (Å²) in [6.07, 6.45) is 0. The average molecular weight is 413 g/mol. The van der Waals surface area contributed by atoms with Gasteiger partial charge >= 0.3 is 0 Å². The van der Waals surface area contributed by atoms with Crippen molar-refractivity contribution >= 4 is 31.9 Å². The number of benzene rings is 2. The van der Waals surface area contributed by atoms with Crippen molar-refractivity contribution in [2.75, 3.05) is 20.2 Å². The molecule has 0 saturated carbocycles. The van der Waals surface area contributed by atoms with Crippen molar-refractivity contribution in [1.82, 2.24) is 4.90 Å². The van der Waals surface area contributed by atoms with E-state index in [1.165, 1.54) is 23.1 Å². The van der Waals surface area contributed by atoms with Crippen LogP contribution < -0.4 is 9.88 Å². The van der Waals surface area contributed by atoms with Crippen molar-refractivity contribution in [3.8, 4) is 5.75 Å². The molecule has 0 aliphatic heterocycles. The van der Waals surface area contributed by atoms with Gasteiger partial charge in [-0.25, -0.2) is 13.6 Å². The minimum Gasteiger partial charge on any atom is -0.492 e. The summed E-state index contributed by atoms with van der Waals surface area (Å²) in [6, 6.07) is 13.4. The standard InChI is InChI=1S/C16H17BrN2O4S/c1-19(9-10-23-12-5-3-2-4-6-12)16(20)14-11-13(24(18,21)22)7-8-15(14)17/h2-8,11H,9-10H2,1H3,(H2,18,21,22). The van der Waals surface area contributed by atoms with Crippen LogP contribution in [0, 0.1) is 0 Å². The molecule has 0 saturated heterocycles. The number of sulfonamides is 1. The maximum Gasteiger partial charge on any atom is 0.254 e. The Morgan fingerprint density at radius 3 is 2.50 bits per heavy atom. The number of nitrogens with two attached hydrogens (primary N) is 1. The number of ether oxygens (including phenoxy) is 1. The largest absolute Gasteiger partial charge is 0.492 e. The fraction of sp³-hybridized carbons (Fsp3) is 0.188. The zero-order valence-electron chi connectivity index (χ0n) is 13.0. The Hall–Kier alpha value is -1.90. The highest BCUT2D eigenvalue weighted by molar-refractivity contribution is 9.10. The van der Waals surface area contributed by atoms with E-state index >= 15 is 0 Å². The summed E-state index contributed by atoms with van der Waals surface area (Å²) in [6.45, 7) is 0.665. The molecule has 1 amide bonds. The number of halogens is 1. The van der Waals surface area contributed by atoms with Gasteiger partial charge in [-0.3, -0.25) is 4.79 Å². The van der Waals surface area contributed by atoms with Gasteiger partial charge in [0.05, 0.1) is 17.0 Å². The molecule has 24 heavy (non-hydrogen) atoms. The van der Waals surface area contributed by atoms with Gasteiger partial charge in [-0.15, -0.1) is 0 Å². The monoisotopic (exact) mass is 412 g/mol. The van der Waals surface area contributed by atoms with E-state index in [0.29, 0.717) is 17.6 Å². The smallest absolute Gasteiger partial charge is 0.254 e. The second-order valence-corrected chi connectivity index (χ2v) is 7.49. The van der Waals surface area contributed by atoms with Crippen molar-refractivity contribution in [2.24, 2.45) is 5.14 Å². The van der Waals surface area contributed by atoms with E-state index in [2.05, 4.69) is 15.9 Å². The zero-order chi connectivity index (χ0) is 17.7. The summed E-state index contributed by atoms with van der Waals surface area (Å²) in [5, 5.41) is 5.11. The van der Waals surface area contributed by atoms with E-state index in [4.69, 9.17) is 9.88 Å². The van der Waals surface area contributed by atoms with Crippen molar-refractivity contribution < 1.29 is 17.9 Å². The van der Waals surface area contributed by atoms with Crippen LogP contribution in [-0.4, -0.2) is 39.4 Å². The number of carbonyl (C=O) groups excluding carboxylic acids is 1. The van der Waals surface area contributed by atoms with Crippen molar-refractivity contribution in [1.29, 1.82) is 0 Å².